The molecule has 5 heteroatoms. The van der Waals surface area contributed by atoms with Crippen molar-refractivity contribution in [2.75, 3.05) is 19.7 Å². The first-order valence-corrected chi connectivity index (χ1v) is 9.32. The van der Waals surface area contributed by atoms with Gasteiger partial charge in [0.2, 0.25) is 5.91 Å². The maximum Gasteiger partial charge on any atom is 0.226 e. The molecule has 0 N–H and O–H groups in total. The van der Waals surface area contributed by atoms with Crippen LogP contribution in [-0.4, -0.2) is 47.2 Å². The fourth-order valence-electron chi connectivity index (χ4n) is 4.16. The van der Waals surface area contributed by atoms with Crippen molar-refractivity contribution in [3.05, 3.63) is 42.2 Å². The molecule has 3 heterocycles. The largest absolute Gasteiger partial charge is 0.372 e. The zero-order chi connectivity index (χ0) is 17.1. The van der Waals surface area contributed by atoms with E-state index < -0.39 is 0 Å². The van der Waals surface area contributed by atoms with E-state index >= 15 is 0 Å². The summed E-state index contributed by atoms with van der Waals surface area (Å²) in [5, 5.41) is 0. The molecule has 1 atom stereocenters. The van der Waals surface area contributed by atoms with Gasteiger partial charge in [-0.05, 0) is 43.4 Å². The lowest BCUT2D eigenvalue weighted by Crippen LogP contribution is -2.48. The minimum Gasteiger partial charge on any atom is -0.372 e. The lowest BCUT2D eigenvalue weighted by Gasteiger charge is -2.39. The van der Waals surface area contributed by atoms with E-state index in [4.69, 9.17) is 9.47 Å². The average molecular weight is 342 g/mol. The summed E-state index contributed by atoms with van der Waals surface area (Å²) < 4.78 is 12.2. The molecule has 5 nitrogen and oxygen atoms in total. The fraction of sp³-hybridized carbons (Fsp3) is 0.600. The summed E-state index contributed by atoms with van der Waals surface area (Å²) >= 11 is 0. The highest BCUT2D eigenvalue weighted by molar-refractivity contribution is 5.79. The third-order valence-corrected chi connectivity index (χ3v) is 5.75. The summed E-state index contributed by atoms with van der Waals surface area (Å²) in [6, 6.07) is 3.96. The van der Waals surface area contributed by atoms with Gasteiger partial charge in [-0.15, -0.1) is 0 Å². The van der Waals surface area contributed by atoms with Crippen molar-refractivity contribution in [3.63, 3.8) is 0 Å². The summed E-state index contributed by atoms with van der Waals surface area (Å²) in [6.45, 7) is 2.89. The molecule has 1 aromatic heterocycles. The van der Waals surface area contributed by atoms with Crippen molar-refractivity contribution in [1.82, 2.24) is 9.88 Å². The first-order chi connectivity index (χ1) is 12.2. The highest BCUT2D eigenvalue weighted by atomic mass is 16.6. The number of pyridine rings is 1. The third kappa shape index (κ3) is 3.77. The molecule has 0 unspecified atom stereocenters. The summed E-state index contributed by atoms with van der Waals surface area (Å²) in [7, 11) is 0. The van der Waals surface area contributed by atoms with Gasteiger partial charge in [0, 0.05) is 37.8 Å². The van der Waals surface area contributed by atoms with Crippen molar-refractivity contribution in [3.8, 4) is 0 Å². The summed E-state index contributed by atoms with van der Waals surface area (Å²) in [5.74, 6) is 0.498. The molecule has 3 aliphatic rings. The summed E-state index contributed by atoms with van der Waals surface area (Å²) in [6.07, 6.45) is 12.6. The second-order valence-corrected chi connectivity index (χ2v) is 7.45. The Kier molecular flexibility index (Phi) is 4.86. The number of allylic oxidation sites excluding steroid dienone is 2. The lowest BCUT2D eigenvalue weighted by molar-refractivity contribution is -0.139. The van der Waals surface area contributed by atoms with Gasteiger partial charge in [-0.3, -0.25) is 9.78 Å². The molecule has 25 heavy (non-hydrogen) atoms. The minimum atomic E-state index is -0.0897. The van der Waals surface area contributed by atoms with Crippen LogP contribution in [0.2, 0.25) is 0 Å². The SMILES string of the molecule is O=C(C1CC=CC1)N1CCC2(CC1)C[C@@H](OCc1ccncc1)CO2. The van der Waals surface area contributed by atoms with Crippen LogP contribution in [0.1, 0.15) is 37.7 Å². The van der Waals surface area contributed by atoms with Crippen LogP contribution in [-0.2, 0) is 20.9 Å². The molecule has 2 fully saturated rings. The Hall–Kier alpha value is -1.72. The first-order valence-electron chi connectivity index (χ1n) is 9.32. The van der Waals surface area contributed by atoms with Crippen LogP contribution in [0.4, 0.5) is 0 Å². The number of carbonyl (C=O) groups excluding carboxylic acids is 1. The van der Waals surface area contributed by atoms with E-state index in [9.17, 15) is 4.79 Å². The number of nitrogens with zero attached hydrogens (tertiary/aromatic N) is 2. The van der Waals surface area contributed by atoms with E-state index in [0.29, 0.717) is 19.1 Å². The standard InChI is InChI=1S/C20H26N2O3/c23-19(17-3-1-2-4-17)22-11-7-20(8-12-22)13-18(15-25-20)24-14-16-5-9-21-10-6-16/h1-2,5-6,9-10,17-18H,3-4,7-8,11-15H2/t18-/m1/s1. The Labute approximate surface area is 149 Å². The number of amides is 1. The molecular formula is C20H26N2O3. The normalized spacial score (nSPS) is 25.8. The van der Waals surface area contributed by atoms with Crippen LogP contribution in [0.3, 0.4) is 0 Å². The van der Waals surface area contributed by atoms with Crippen LogP contribution < -0.4 is 0 Å². The van der Waals surface area contributed by atoms with Gasteiger partial charge < -0.3 is 14.4 Å². The summed E-state index contributed by atoms with van der Waals surface area (Å²) in [5.41, 5.74) is 1.05. The van der Waals surface area contributed by atoms with Gasteiger partial charge in [0.05, 0.1) is 24.9 Å². The lowest BCUT2D eigenvalue weighted by atomic mass is 9.87. The van der Waals surface area contributed by atoms with E-state index in [1.807, 2.05) is 17.0 Å². The molecule has 134 valence electrons. The molecule has 1 amide bonds. The molecule has 0 bridgehead atoms. The van der Waals surface area contributed by atoms with Gasteiger partial charge in [0.1, 0.15) is 0 Å². The Morgan fingerprint density at radius 2 is 1.96 bits per heavy atom. The summed E-state index contributed by atoms with van der Waals surface area (Å²) in [4.78, 5) is 18.6. The number of rotatable bonds is 4. The van der Waals surface area contributed by atoms with Gasteiger partial charge >= 0.3 is 0 Å². The molecule has 2 saturated heterocycles. The molecular weight excluding hydrogens is 316 g/mol. The van der Waals surface area contributed by atoms with Gasteiger partial charge in [-0.25, -0.2) is 0 Å². The molecule has 1 spiro atoms. The second-order valence-electron chi connectivity index (χ2n) is 7.45. The zero-order valence-electron chi connectivity index (χ0n) is 14.6. The first kappa shape index (κ1) is 16.7. The predicted octanol–water partition coefficient (Wildman–Crippen LogP) is 2.71. The van der Waals surface area contributed by atoms with Crippen molar-refractivity contribution in [2.24, 2.45) is 5.92 Å². The molecule has 1 aromatic rings. The topological polar surface area (TPSA) is 51.7 Å². The van der Waals surface area contributed by atoms with Crippen LogP contribution in [0.5, 0.6) is 0 Å². The smallest absolute Gasteiger partial charge is 0.226 e. The number of carbonyl (C=O) groups is 1. The van der Waals surface area contributed by atoms with E-state index in [1.54, 1.807) is 12.4 Å². The number of likely N-dealkylation sites (tertiary alicyclic amines) is 1. The van der Waals surface area contributed by atoms with Crippen LogP contribution in [0, 0.1) is 5.92 Å². The quantitative estimate of drug-likeness (QED) is 0.790. The van der Waals surface area contributed by atoms with Crippen LogP contribution >= 0.6 is 0 Å². The number of aromatic nitrogens is 1. The highest BCUT2D eigenvalue weighted by Crippen LogP contribution is 2.38. The molecule has 1 aliphatic carbocycles. The zero-order valence-corrected chi connectivity index (χ0v) is 14.6. The van der Waals surface area contributed by atoms with Gasteiger partial charge in [-0.1, -0.05) is 12.2 Å². The third-order valence-electron chi connectivity index (χ3n) is 5.75. The monoisotopic (exact) mass is 342 g/mol. The van der Waals surface area contributed by atoms with E-state index in [1.165, 1.54) is 0 Å². The second kappa shape index (κ2) is 7.26. The Balaban J connectivity index is 1.25. The van der Waals surface area contributed by atoms with Gasteiger partial charge in [-0.2, -0.15) is 0 Å². The Morgan fingerprint density at radius 1 is 1.24 bits per heavy atom. The van der Waals surface area contributed by atoms with Crippen molar-refractivity contribution in [2.45, 2.75) is 50.4 Å². The highest BCUT2D eigenvalue weighted by Gasteiger charge is 2.44. The average Bonchev–Trinajstić information content (AvgIpc) is 3.32. The molecule has 0 saturated carbocycles. The molecule has 0 radical (unpaired) electrons. The Bertz CT molecular complexity index is 615. The van der Waals surface area contributed by atoms with Crippen molar-refractivity contribution < 1.29 is 14.3 Å². The van der Waals surface area contributed by atoms with Gasteiger partial charge in [0.15, 0.2) is 0 Å². The molecule has 2 aliphatic heterocycles. The van der Waals surface area contributed by atoms with Crippen LogP contribution in [0.15, 0.2) is 36.7 Å². The van der Waals surface area contributed by atoms with E-state index in [-0.39, 0.29) is 17.6 Å². The van der Waals surface area contributed by atoms with Crippen molar-refractivity contribution >= 4 is 5.91 Å². The minimum absolute atomic E-state index is 0.0897. The molecule has 4 rings (SSSR count). The Morgan fingerprint density at radius 3 is 2.68 bits per heavy atom. The maximum atomic E-state index is 12.5. The van der Waals surface area contributed by atoms with Crippen molar-refractivity contribution in [1.29, 1.82) is 0 Å². The fourth-order valence-corrected chi connectivity index (χ4v) is 4.16. The number of piperidine rings is 1. The number of ether oxygens (including phenoxy) is 2. The van der Waals surface area contributed by atoms with Gasteiger partial charge in [0.25, 0.3) is 0 Å². The predicted molar refractivity (Wildman–Crippen MR) is 93.8 cm³/mol. The van der Waals surface area contributed by atoms with Crippen LogP contribution in [0.25, 0.3) is 0 Å². The van der Waals surface area contributed by atoms with E-state index in [2.05, 4.69) is 17.1 Å². The number of hydrogen-bond donors (Lipinski definition) is 0. The van der Waals surface area contributed by atoms with E-state index in [0.717, 1.165) is 50.8 Å². The molecule has 0 aromatic carbocycles. The maximum absolute atomic E-state index is 12.5. The number of hydrogen-bond acceptors (Lipinski definition) is 4.